The van der Waals surface area contributed by atoms with E-state index >= 15 is 0 Å². The second-order valence-corrected chi connectivity index (χ2v) is 4.43. The minimum Gasteiger partial charge on any atom is -0.338 e. The predicted octanol–water partition coefficient (Wildman–Crippen LogP) is 1.37. The van der Waals surface area contributed by atoms with E-state index in [1.165, 1.54) is 12.8 Å². The number of nitrogens with two attached hydrogens (primary N) is 1. The Morgan fingerprint density at radius 2 is 2.14 bits per heavy atom. The van der Waals surface area contributed by atoms with Crippen molar-refractivity contribution >= 4 is 5.91 Å². The number of amides is 1. The van der Waals surface area contributed by atoms with Gasteiger partial charge in [0.1, 0.15) is 0 Å². The van der Waals surface area contributed by atoms with Crippen molar-refractivity contribution in [2.45, 2.75) is 45.6 Å². The lowest BCUT2D eigenvalue weighted by molar-refractivity contribution is -0.136. The summed E-state index contributed by atoms with van der Waals surface area (Å²) in [6.45, 7) is 5.43. The fourth-order valence-electron chi connectivity index (χ4n) is 2.04. The van der Waals surface area contributed by atoms with Crippen LogP contribution in [0.2, 0.25) is 0 Å². The summed E-state index contributed by atoms with van der Waals surface area (Å²) >= 11 is 0. The number of hydrogen-bond acceptors (Lipinski definition) is 2. The van der Waals surface area contributed by atoms with Gasteiger partial charge in [-0.05, 0) is 12.8 Å². The van der Waals surface area contributed by atoms with Crippen LogP contribution in [0.4, 0.5) is 0 Å². The topological polar surface area (TPSA) is 46.3 Å². The molecule has 1 saturated heterocycles. The fraction of sp³-hybridized carbons (Fsp3) is 0.909. The van der Waals surface area contributed by atoms with Gasteiger partial charge in [0.05, 0.1) is 0 Å². The molecule has 0 aliphatic carbocycles. The summed E-state index contributed by atoms with van der Waals surface area (Å²) in [5.74, 6) is 0.365. The lowest BCUT2D eigenvalue weighted by Gasteiger charge is -2.30. The van der Waals surface area contributed by atoms with Crippen molar-refractivity contribution in [2.75, 3.05) is 13.1 Å². The van der Waals surface area contributed by atoms with Crippen LogP contribution in [-0.2, 0) is 4.79 Å². The minimum absolute atomic E-state index is 0.0992. The Balaban J connectivity index is 2.65. The first-order chi connectivity index (χ1) is 6.66. The van der Waals surface area contributed by atoms with Crippen LogP contribution in [0.3, 0.4) is 0 Å². The van der Waals surface area contributed by atoms with Gasteiger partial charge in [-0.1, -0.05) is 26.7 Å². The molecule has 1 atom stereocenters. The minimum atomic E-state index is 0.0992. The molecule has 82 valence electrons. The molecule has 1 aliphatic heterocycles. The summed E-state index contributed by atoms with van der Waals surface area (Å²) < 4.78 is 0. The van der Waals surface area contributed by atoms with Crippen molar-refractivity contribution in [2.24, 2.45) is 11.7 Å². The standard InChI is InChI=1S/C11H22N2O/c1-9(2)11(14)13-7-5-3-4-6-10(13)8-12/h9-10H,3-8,12H2,1-2H3. The molecule has 0 aromatic rings. The summed E-state index contributed by atoms with van der Waals surface area (Å²) in [4.78, 5) is 13.9. The van der Waals surface area contributed by atoms with Crippen molar-refractivity contribution < 1.29 is 4.79 Å². The van der Waals surface area contributed by atoms with E-state index in [1.807, 2.05) is 18.7 Å². The molecule has 0 radical (unpaired) electrons. The van der Waals surface area contributed by atoms with E-state index in [2.05, 4.69) is 0 Å². The van der Waals surface area contributed by atoms with Crippen LogP contribution in [0.15, 0.2) is 0 Å². The van der Waals surface area contributed by atoms with Crippen LogP contribution in [0, 0.1) is 5.92 Å². The predicted molar refractivity (Wildman–Crippen MR) is 57.9 cm³/mol. The Labute approximate surface area is 86.6 Å². The highest BCUT2D eigenvalue weighted by Gasteiger charge is 2.25. The van der Waals surface area contributed by atoms with Gasteiger partial charge in [-0.2, -0.15) is 0 Å². The molecule has 1 aliphatic rings. The van der Waals surface area contributed by atoms with Crippen molar-refractivity contribution in [1.82, 2.24) is 4.90 Å². The smallest absolute Gasteiger partial charge is 0.225 e. The number of hydrogen-bond donors (Lipinski definition) is 1. The zero-order chi connectivity index (χ0) is 10.6. The summed E-state index contributed by atoms with van der Waals surface area (Å²) in [6, 6.07) is 0.285. The maximum absolute atomic E-state index is 11.9. The molecule has 0 aromatic heterocycles. The number of carbonyl (C=O) groups is 1. The number of rotatable bonds is 2. The number of carbonyl (C=O) groups excluding carboxylic acids is 1. The van der Waals surface area contributed by atoms with Crippen molar-refractivity contribution in [1.29, 1.82) is 0 Å². The van der Waals surface area contributed by atoms with E-state index in [9.17, 15) is 4.79 Å². The molecule has 1 heterocycles. The van der Waals surface area contributed by atoms with Crippen LogP contribution in [-0.4, -0.2) is 29.9 Å². The number of likely N-dealkylation sites (tertiary alicyclic amines) is 1. The molecule has 1 unspecified atom stereocenters. The zero-order valence-corrected chi connectivity index (χ0v) is 9.33. The third kappa shape index (κ3) is 2.71. The maximum atomic E-state index is 11.9. The van der Waals surface area contributed by atoms with E-state index in [4.69, 9.17) is 5.73 Å². The third-order valence-corrected chi connectivity index (χ3v) is 2.93. The van der Waals surface area contributed by atoms with E-state index < -0.39 is 0 Å². The van der Waals surface area contributed by atoms with Gasteiger partial charge in [0.25, 0.3) is 0 Å². The highest BCUT2D eigenvalue weighted by molar-refractivity contribution is 5.78. The monoisotopic (exact) mass is 198 g/mol. The molecule has 1 fully saturated rings. The first-order valence-corrected chi connectivity index (χ1v) is 5.67. The molecule has 0 spiro atoms. The van der Waals surface area contributed by atoms with Gasteiger partial charge < -0.3 is 10.6 Å². The molecule has 0 saturated carbocycles. The Bertz CT molecular complexity index is 192. The normalized spacial score (nSPS) is 23.7. The summed E-state index contributed by atoms with van der Waals surface area (Å²) in [5.41, 5.74) is 5.71. The number of nitrogens with zero attached hydrogens (tertiary/aromatic N) is 1. The molecule has 14 heavy (non-hydrogen) atoms. The van der Waals surface area contributed by atoms with Gasteiger partial charge in [-0.3, -0.25) is 4.79 Å². The molecule has 0 aromatic carbocycles. The van der Waals surface area contributed by atoms with Gasteiger partial charge in [0, 0.05) is 25.0 Å². The van der Waals surface area contributed by atoms with Gasteiger partial charge in [-0.15, -0.1) is 0 Å². The summed E-state index contributed by atoms with van der Waals surface area (Å²) in [7, 11) is 0. The van der Waals surface area contributed by atoms with Gasteiger partial charge in [0.15, 0.2) is 0 Å². The third-order valence-electron chi connectivity index (χ3n) is 2.93. The lowest BCUT2D eigenvalue weighted by Crippen LogP contribution is -2.45. The molecule has 1 rings (SSSR count). The quantitative estimate of drug-likeness (QED) is 0.728. The largest absolute Gasteiger partial charge is 0.338 e. The second kappa shape index (κ2) is 5.35. The first-order valence-electron chi connectivity index (χ1n) is 5.67. The average Bonchev–Trinajstić information content (AvgIpc) is 2.40. The van der Waals surface area contributed by atoms with E-state index in [1.54, 1.807) is 0 Å². The highest BCUT2D eigenvalue weighted by Crippen LogP contribution is 2.18. The van der Waals surface area contributed by atoms with Crippen LogP contribution >= 0.6 is 0 Å². The molecule has 1 amide bonds. The van der Waals surface area contributed by atoms with Crippen LogP contribution in [0.1, 0.15) is 39.5 Å². The molecule has 3 nitrogen and oxygen atoms in total. The average molecular weight is 198 g/mol. The Morgan fingerprint density at radius 3 is 2.71 bits per heavy atom. The summed E-state index contributed by atoms with van der Waals surface area (Å²) in [5, 5.41) is 0. The van der Waals surface area contributed by atoms with E-state index in [0.29, 0.717) is 6.54 Å². The Morgan fingerprint density at radius 1 is 1.43 bits per heavy atom. The molecule has 3 heteroatoms. The highest BCUT2D eigenvalue weighted by atomic mass is 16.2. The Hall–Kier alpha value is -0.570. The molecular weight excluding hydrogens is 176 g/mol. The van der Waals surface area contributed by atoms with E-state index in [-0.39, 0.29) is 17.9 Å². The van der Waals surface area contributed by atoms with Crippen LogP contribution in [0.5, 0.6) is 0 Å². The zero-order valence-electron chi connectivity index (χ0n) is 9.33. The van der Waals surface area contributed by atoms with Gasteiger partial charge >= 0.3 is 0 Å². The SMILES string of the molecule is CC(C)C(=O)N1CCCCCC1CN. The molecule has 2 N–H and O–H groups in total. The van der Waals surface area contributed by atoms with Crippen molar-refractivity contribution in [3.05, 3.63) is 0 Å². The first kappa shape index (κ1) is 11.5. The summed E-state index contributed by atoms with van der Waals surface area (Å²) in [6.07, 6.45) is 4.66. The lowest BCUT2D eigenvalue weighted by atomic mass is 10.1. The van der Waals surface area contributed by atoms with Crippen molar-refractivity contribution in [3.63, 3.8) is 0 Å². The van der Waals surface area contributed by atoms with Gasteiger partial charge in [-0.25, -0.2) is 0 Å². The van der Waals surface area contributed by atoms with Crippen LogP contribution in [0.25, 0.3) is 0 Å². The maximum Gasteiger partial charge on any atom is 0.225 e. The van der Waals surface area contributed by atoms with E-state index in [0.717, 1.165) is 19.4 Å². The fourth-order valence-corrected chi connectivity index (χ4v) is 2.04. The van der Waals surface area contributed by atoms with Crippen LogP contribution < -0.4 is 5.73 Å². The molecular formula is C11H22N2O. The Kier molecular flexibility index (Phi) is 4.39. The van der Waals surface area contributed by atoms with Gasteiger partial charge in [0.2, 0.25) is 5.91 Å². The molecule has 0 bridgehead atoms. The van der Waals surface area contributed by atoms with Crippen molar-refractivity contribution in [3.8, 4) is 0 Å². The second-order valence-electron chi connectivity index (χ2n) is 4.43.